The number of nitrogens with one attached hydrogen (secondary N) is 1. The maximum Gasteiger partial charge on any atom is 0.194 e. The lowest BCUT2D eigenvalue weighted by Gasteiger charge is -2.37. The molecule has 0 radical (unpaired) electrons. The number of aliphatic imine (C=N–C) groups is 1. The van der Waals surface area contributed by atoms with Gasteiger partial charge in [-0.05, 0) is 37.3 Å². The quantitative estimate of drug-likeness (QED) is 0.658. The summed E-state index contributed by atoms with van der Waals surface area (Å²) in [5, 5.41) is 3.45. The van der Waals surface area contributed by atoms with E-state index in [-0.39, 0.29) is 12.2 Å². The van der Waals surface area contributed by atoms with Gasteiger partial charge in [-0.15, -0.1) is 0 Å². The lowest BCUT2D eigenvalue weighted by Crippen LogP contribution is -2.53. The van der Waals surface area contributed by atoms with E-state index in [0.29, 0.717) is 6.54 Å². The van der Waals surface area contributed by atoms with Crippen LogP contribution in [0.15, 0.2) is 29.3 Å². The van der Waals surface area contributed by atoms with Crippen molar-refractivity contribution in [2.45, 2.75) is 51.9 Å². The van der Waals surface area contributed by atoms with Gasteiger partial charge in [-0.2, -0.15) is 0 Å². The Morgan fingerprint density at radius 1 is 1.16 bits per heavy atom. The normalized spacial score (nSPS) is 24.6. The number of ether oxygens (including phenoxy) is 2. The first-order valence-corrected chi connectivity index (χ1v) is 9.65. The predicted octanol–water partition coefficient (Wildman–Crippen LogP) is 2.59. The van der Waals surface area contributed by atoms with Gasteiger partial charge in [0.25, 0.3) is 0 Å². The van der Waals surface area contributed by atoms with E-state index in [4.69, 9.17) is 14.5 Å². The van der Waals surface area contributed by atoms with E-state index >= 15 is 0 Å². The van der Waals surface area contributed by atoms with Crippen molar-refractivity contribution in [3.8, 4) is 0 Å². The molecule has 2 fully saturated rings. The molecule has 0 amide bonds. The van der Waals surface area contributed by atoms with Gasteiger partial charge in [0, 0.05) is 26.2 Å². The second-order valence-corrected chi connectivity index (χ2v) is 6.70. The first-order valence-electron chi connectivity index (χ1n) is 9.65. The Morgan fingerprint density at radius 3 is 2.68 bits per heavy atom. The molecule has 0 saturated carbocycles. The number of benzene rings is 1. The third-order valence-electron chi connectivity index (χ3n) is 5.01. The number of aryl methyl sites for hydroxylation is 1. The fraction of sp³-hybridized carbons (Fsp3) is 0.650. The van der Waals surface area contributed by atoms with Crippen LogP contribution in [0, 0.1) is 0 Å². The van der Waals surface area contributed by atoms with Gasteiger partial charge < -0.3 is 19.7 Å². The van der Waals surface area contributed by atoms with Crippen LogP contribution in [-0.4, -0.2) is 55.9 Å². The Kier molecular flexibility index (Phi) is 6.70. The number of morpholine rings is 1. The molecule has 0 spiro atoms. The fourth-order valence-electron chi connectivity index (χ4n) is 3.63. The van der Waals surface area contributed by atoms with E-state index in [1.807, 2.05) is 0 Å². The van der Waals surface area contributed by atoms with Gasteiger partial charge in [0.2, 0.25) is 0 Å². The molecule has 2 saturated heterocycles. The van der Waals surface area contributed by atoms with Crippen LogP contribution in [0.5, 0.6) is 0 Å². The summed E-state index contributed by atoms with van der Waals surface area (Å²) in [7, 11) is 0. The summed E-state index contributed by atoms with van der Waals surface area (Å²) in [5.74, 6) is 0.986. The monoisotopic (exact) mass is 345 g/mol. The Labute approximate surface area is 151 Å². The van der Waals surface area contributed by atoms with Gasteiger partial charge in [0.15, 0.2) is 5.96 Å². The summed E-state index contributed by atoms with van der Waals surface area (Å²) in [6.07, 6.45) is 3.69. The lowest BCUT2D eigenvalue weighted by atomic mass is 10.1. The standard InChI is InChI=1S/C20H31N3O2/c1-3-16-8-5-6-9-17(16)14-22-20(21-4-2)23-11-13-25-19(15-23)18-10-7-12-24-18/h5-6,8-9,18-19H,3-4,7,10-15H2,1-2H3,(H,21,22). The highest BCUT2D eigenvalue weighted by atomic mass is 16.5. The fourth-order valence-corrected chi connectivity index (χ4v) is 3.63. The molecule has 1 aromatic rings. The minimum atomic E-state index is 0.156. The summed E-state index contributed by atoms with van der Waals surface area (Å²) in [6.45, 7) is 9.24. The van der Waals surface area contributed by atoms with Crippen molar-refractivity contribution in [2.24, 2.45) is 4.99 Å². The second-order valence-electron chi connectivity index (χ2n) is 6.70. The summed E-state index contributed by atoms with van der Waals surface area (Å²) >= 11 is 0. The Balaban J connectivity index is 1.68. The number of hydrogen-bond donors (Lipinski definition) is 1. The molecule has 3 rings (SSSR count). The maximum atomic E-state index is 5.97. The molecule has 2 heterocycles. The molecule has 138 valence electrons. The summed E-state index contributed by atoms with van der Waals surface area (Å²) in [6, 6.07) is 8.57. The van der Waals surface area contributed by atoms with Gasteiger partial charge in [-0.3, -0.25) is 0 Å². The van der Waals surface area contributed by atoms with E-state index < -0.39 is 0 Å². The van der Waals surface area contributed by atoms with Crippen LogP contribution < -0.4 is 5.32 Å². The SMILES string of the molecule is CCNC(=NCc1ccccc1CC)N1CCOC(C2CCCO2)C1. The van der Waals surface area contributed by atoms with Crippen molar-refractivity contribution in [3.63, 3.8) is 0 Å². The van der Waals surface area contributed by atoms with E-state index in [1.165, 1.54) is 11.1 Å². The molecule has 2 aliphatic heterocycles. The topological polar surface area (TPSA) is 46.1 Å². The molecule has 5 nitrogen and oxygen atoms in total. The summed E-state index contributed by atoms with van der Waals surface area (Å²) in [5.41, 5.74) is 2.69. The van der Waals surface area contributed by atoms with Crippen molar-refractivity contribution in [1.29, 1.82) is 0 Å². The van der Waals surface area contributed by atoms with Gasteiger partial charge >= 0.3 is 0 Å². The van der Waals surface area contributed by atoms with Crippen LogP contribution >= 0.6 is 0 Å². The van der Waals surface area contributed by atoms with Crippen LogP contribution in [-0.2, 0) is 22.4 Å². The molecule has 1 aromatic carbocycles. The van der Waals surface area contributed by atoms with Crippen molar-refractivity contribution in [1.82, 2.24) is 10.2 Å². The molecule has 0 aliphatic carbocycles. The zero-order valence-corrected chi connectivity index (χ0v) is 15.5. The van der Waals surface area contributed by atoms with Crippen molar-refractivity contribution < 1.29 is 9.47 Å². The zero-order chi connectivity index (χ0) is 17.5. The van der Waals surface area contributed by atoms with Crippen molar-refractivity contribution >= 4 is 5.96 Å². The Bertz CT molecular complexity index is 570. The van der Waals surface area contributed by atoms with E-state index in [2.05, 4.69) is 48.3 Å². The van der Waals surface area contributed by atoms with Crippen molar-refractivity contribution in [2.75, 3.05) is 32.8 Å². The van der Waals surface area contributed by atoms with Gasteiger partial charge in [-0.25, -0.2) is 4.99 Å². The van der Waals surface area contributed by atoms with E-state index in [0.717, 1.165) is 58.1 Å². The van der Waals surface area contributed by atoms with Crippen molar-refractivity contribution in [3.05, 3.63) is 35.4 Å². The molecular weight excluding hydrogens is 314 g/mol. The molecule has 2 atom stereocenters. The molecule has 0 bridgehead atoms. The zero-order valence-electron chi connectivity index (χ0n) is 15.5. The molecule has 1 N–H and O–H groups in total. The first kappa shape index (κ1) is 18.2. The highest BCUT2D eigenvalue weighted by Crippen LogP contribution is 2.21. The van der Waals surface area contributed by atoms with Gasteiger partial charge in [0.1, 0.15) is 6.10 Å². The molecule has 2 unspecified atom stereocenters. The van der Waals surface area contributed by atoms with Gasteiger partial charge in [0.05, 0.1) is 19.3 Å². The largest absolute Gasteiger partial charge is 0.375 e. The second kappa shape index (κ2) is 9.20. The summed E-state index contributed by atoms with van der Waals surface area (Å²) in [4.78, 5) is 7.24. The highest BCUT2D eigenvalue weighted by molar-refractivity contribution is 5.80. The van der Waals surface area contributed by atoms with Crippen LogP contribution in [0.25, 0.3) is 0 Å². The Hall–Kier alpha value is -1.59. The minimum absolute atomic E-state index is 0.156. The molecule has 5 heteroatoms. The van der Waals surface area contributed by atoms with Crippen LogP contribution in [0.1, 0.15) is 37.8 Å². The molecular formula is C20H31N3O2. The number of rotatable bonds is 5. The van der Waals surface area contributed by atoms with Gasteiger partial charge in [-0.1, -0.05) is 31.2 Å². The maximum absolute atomic E-state index is 5.97. The highest BCUT2D eigenvalue weighted by Gasteiger charge is 2.32. The summed E-state index contributed by atoms with van der Waals surface area (Å²) < 4.78 is 11.8. The Morgan fingerprint density at radius 2 is 1.96 bits per heavy atom. The third kappa shape index (κ3) is 4.73. The third-order valence-corrected chi connectivity index (χ3v) is 5.01. The molecule has 25 heavy (non-hydrogen) atoms. The molecule has 0 aromatic heterocycles. The van der Waals surface area contributed by atoms with E-state index in [1.54, 1.807) is 0 Å². The number of guanidine groups is 1. The van der Waals surface area contributed by atoms with E-state index in [9.17, 15) is 0 Å². The average Bonchev–Trinajstić information content (AvgIpc) is 3.20. The van der Waals surface area contributed by atoms with Crippen LogP contribution in [0.3, 0.4) is 0 Å². The average molecular weight is 345 g/mol. The number of hydrogen-bond acceptors (Lipinski definition) is 3. The number of nitrogens with zero attached hydrogens (tertiary/aromatic N) is 2. The lowest BCUT2D eigenvalue weighted by molar-refractivity contribution is -0.0817. The molecule has 2 aliphatic rings. The minimum Gasteiger partial charge on any atom is -0.375 e. The smallest absolute Gasteiger partial charge is 0.194 e. The van der Waals surface area contributed by atoms with Crippen LogP contribution in [0.4, 0.5) is 0 Å². The first-order chi connectivity index (χ1) is 12.3. The predicted molar refractivity (Wildman–Crippen MR) is 101 cm³/mol. The van der Waals surface area contributed by atoms with Crippen LogP contribution in [0.2, 0.25) is 0 Å².